The molecule has 4 nitrogen and oxygen atoms in total. The lowest BCUT2D eigenvalue weighted by atomic mass is 10.1. The fourth-order valence-electron chi connectivity index (χ4n) is 1.42. The number of hydrogen-bond acceptors (Lipinski definition) is 4. The molecule has 94 valence electrons. The van der Waals surface area contributed by atoms with Gasteiger partial charge in [-0.25, -0.2) is 4.79 Å². The van der Waals surface area contributed by atoms with Crippen LogP contribution >= 0.6 is 11.6 Å². The molecule has 0 N–H and O–H groups in total. The minimum Gasteiger partial charge on any atom is -0.434 e. The summed E-state index contributed by atoms with van der Waals surface area (Å²) in [4.78, 5) is 11.1. The van der Waals surface area contributed by atoms with E-state index in [0.717, 1.165) is 11.1 Å². The minimum atomic E-state index is -0.788. The molecule has 0 spiro atoms. The van der Waals surface area contributed by atoms with Crippen LogP contribution in [0.3, 0.4) is 0 Å². The Bertz CT molecular complexity index is 547. The summed E-state index contributed by atoms with van der Waals surface area (Å²) in [5.41, 5.74) is 1.65. The Labute approximate surface area is 109 Å². The predicted octanol–water partition coefficient (Wildman–Crippen LogP) is 4.14. The molecule has 18 heavy (non-hydrogen) atoms. The number of furan rings is 1. The number of hydrogen-bond donors (Lipinski definition) is 0. The van der Waals surface area contributed by atoms with Gasteiger partial charge in [0.15, 0.2) is 0 Å². The van der Waals surface area contributed by atoms with Crippen LogP contribution in [-0.2, 0) is 4.74 Å². The van der Waals surface area contributed by atoms with E-state index in [1.165, 1.54) is 6.26 Å². The van der Waals surface area contributed by atoms with E-state index in [4.69, 9.17) is 20.8 Å². The molecule has 0 amide bonds. The summed E-state index contributed by atoms with van der Waals surface area (Å²) in [7, 11) is 0. The standard InChI is InChI=1S/C13H11ClO4/c1-2-16-13(15)18-12-7-10(8-17-12)9-4-3-5-11(14)6-9/h3-8H,2H2,1H3. The Hall–Kier alpha value is -1.94. The van der Waals surface area contributed by atoms with E-state index in [1.54, 1.807) is 25.1 Å². The number of carbonyl (C=O) groups excluding carboxylic acids is 1. The molecule has 2 aromatic rings. The van der Waals surface area contributed by atoms with Gasteiger partial charge in [0.1, 0.15) is 6.26 Å². The average molecular weight is 267 g/mol. The number of benzene rings is 1. The van der Waals surface area contributed by atoms with Crippen molar-refractivity contribution in [3.63, 3.8) is 0 Å². The number of ether oxygens (including phenoxy) is 2. The van der Waals surface area contributed by atoms with Gasteiger partial charge < -0.3 is 13.9 Å². The van der Waals surface area contributed by atoms with Gasteiger partial charge in [-0.1, -0.05) is 23.7 Å². The van der Waals surface area contributed by atoms with Crippen LogP contribution in [0, 0.1) is 0 Å². The van der Waals surface area contributed by atoms with Crippen molar-refractivity contribution in [1.29, 1.82) is 0 Å². The zero-order valence-electron chi connectivity index (χ0n) is 9.68. The molecule has 0 unspecified atom stereocenters. The molecular formula is C13H11ClO4. The first-order valence-electron chi connectivity index (χ1n) is 5.38. The van der Waals surface area contributed by atoms with Gasteiger partial charge in [-0.2, -0.15) is 0 Å². The highest BCUT2D eigenvalue weighted by atomic mass is 35.5. The lowest BCUT2D eigenvalue weighted by Gasteiger charge is -1.99. The van der Waals surface area contributed by atoms with E-state index in [2.05, 4.69) is 4.74 Å². The van der Waals surface area contributed by atoms with E-state index in [-0.39, 0.29) is 12.6 Å². The van der Waals surface area contributed by atoms with E-state index in [1.807, 2.05) is 12.1 Å². The minimum absolute atomic E-state index is 0.0865. The molecule has 0 radical (unpaired) electrons. The van der Waals surface area contributed by atoms with Crippen molar-refractivity contribution in [3.8, 4) is 17.1 Å². The van der Waals surface area contributed by atoms with Crippen LogP contribution in [0.2, 0.25) is 5.02 Å². The fraction of sp³-hybridized carbons (Fsp3) is 0.154. The SMILES string of the molecule is CCOC(=O)Oc1cc(-c2cccc(Cl)c2)co1. The Kier molecular flexibility index (Phi) is 3.89. The summed E-state index contributed by atoms with van der Waals surface area (Å²) in [6.45, 7) is 1.95. The monoisotopic (exact) mass is 266 g/mol. The topological polar surface area (TPSA) is 48.7 Å². The molecule has 0 aliphatic heterocycles. The number of carbonyl (C=O) groups is 1. The van der Waals surface area contributed by atoms with Crippen molar-refractivity contribution in [3.05, 3.63) is 41.6 Å². The molecule has 0 saturated heterocycles. The summed E-state index contributed by atoms with van der Waals surface area (Å²) in [5, 5.41) is 0.626. The lowest BCUT2D eigenvalue weighted by Crippen LogP contribution is -2.09. The average Bonchev–Trinajstić information content (AvgIpc) is 2.78. The zero-order valence-corrected chi connectivity index (χ0v) is 10.4. The van der Waals surface area contributed by atoms with E-state index in [9.17, 15) is 4.79 Å². The van der Waals surface area contributed by atoms with Crippen LogP contribution in [0.1, 0.15) is 6.92 Å². The highest BCUT2D eigenvalue weighted by molar-refractivity contribution is 6.30. The summed E-state index contributed by atoms with van der Waals surface area (Å²) in [6, 6.07) is 8.88. The quantitative estimate of drug-likeness (QED) is 0.784. The van der Waals surface area contributed by atoms with Crippen LogP contribution < -0.4 is 4.74 Å². The Balaban J connectivity index is 2.13. The second kappa shape index (κ2) is 5.60. The van der Waals surface area contributed by atoms with Crippen molar-refractivity contribution in [1.82, 2.24) is 0 Å². The smallest absolute Gasteiger partial charge is 0.434 e. The highest BCUT2D eigenvalue weighted by Crippen LogP contribution is 2.28. The van der Waals surface area contributed by atoms with E-state index < -0.39 is 6.16 Å². The maximum absolute atomic E-state index is 11.1. The summed E-state index contributed by atoms with van der Waals surface area (Å²) in [6.07, 6.45) is 0.699. The molecule has 1 aromatic heterocycles. The van der Waals surface area contributed by atoms with E-state index in [0.29, 0.717) is 5.02 Å². The van der Waals surface area contributed by atoms with Gasteiger partial charge in [-0.05, 0) is 24.6 Å². The predicted molar refractivity (Wildman–Crippen MR) is 66.8 cm³/mol. The number of rotatable bonds is 3. The van der Waals surface area contributed by atoms with Crippen LogP contribution in [0.4, 0.5) is 4.79 Å². The molecule has 0 saturated carbocycles. The Morgan fingerprint density at radius 3 is 2.89 bits per heavy atom. The third kappa shape index (κ3) is 3.05. The molecule has 0 aliphatic rings. The second-order valence-corrected chi connectivity index (χ2v) is 3.89. The molecule has 0 aliphatic carbocycles. The van der Waals surface area contributed by atoms with Crippen molar-refractivity contribution in [2.45, 2.75) is 6.92 Å². The largest absolute Gasteiger partial charge is 0.516 e. The van der Waals surface area contributed by atoms with Crippen molar-refractivity contribution in [2.24, 2.45) is 0 Å². The highest BCUT2D eigenvalue weighted by Gasteiger charge is 2.10. The van der Waals surface area contributed by atoms with Crippen LogP contribution in [0.25, 0.3) is 11.1 Å². The van der Waals surface area contributed by atoms with Gasteiger partial charge in [0.05, 0.1) is 6.61 Å². The molecule has 2 rings (SSSR count). The second-order valence-electron chi connectivity index (χ2n) is 3.45. The first kappa shape index (κ1) is 12.5. The summed E-state index contributed by atoms with van der Waals surface area (Å²) in [5.74, 6) is 0.0865. The summed E-state index contributed by atoms with van der Waals surface area (Å²) >= 11 is 5.89. The zero-order chi connectivity index (χ0) is 13.0. The lowest BCUT2D eigenvalue weighted by molar-refractivity contribution is 0.0949. The van der Waals surface area contributed by atoms with Gasteiger partial charge in [-0.3, -0.25) is 0 Å². The molecule has 5 heteroatoms. The van der Waals surface area contributed by atoms with Gasteiger partial charge in [0.2, 0.25) is 0 Å². The van der Waals surface area contributed by atoms with Gasteiger partial charge in [0, 0.05) is 16.7 Å². The maximum Gasteiger partial charge on any atom is 0.516 e. The van der Waals surface area contributed by atoms with Crippen LogP contribution in [0.5, 0.6) is 5.95 Å². The van der Waals surface area contributed by atoms with Crippen molar-refractivity contribution < 1.29 is 18.7 Å². The van der Waals surface area contributed by atoms with Crippen molar-refractivity contribution in [2.75, 3.05) is 6.61 Å². The van der Waals surface area contributed by atoms with Gasteiger partial charge >= 0.3 is 6.16 Å². The maximum atomic E-state index is 11.1. The van der Waals surface area contributed by atoms with Crippen molar-refractivity contribution >= 4 is 17.8 Å². The third-order valence-electron chi connectivity index (χ3n) is 2.18. The summed E-state index contributed by atoms with van der Waals surface area (Å²) < 4.78 is 14.6. The third-order valence-corrected chi connectivity index (χ3v) is 2.41. The molecule has 0 bridgehead atoms. The molecular weight excluding hydrogens is 256 g/mol. The first-order chi connectivity index (χ1) is 8.69. The van der Waals surface area contributed by atoms with Crippen LogP contribution in [-0.4, -0.2) is 12.8 Å². The first-order valence-corrected chi connectivity index (χ1v) is 5.76. The molecule has 0 fully saturated rings. The molecule has 1 heterocycles. The Morgan fingerprint density at radius 1 is 1.33 bits per heavy atom. The van der Waals surface area contributed by atoms with E-state index >= 15 is 0 Å². The fourth-order valence-corrected chi connectivity index (χ4v) is 1.61. The van der Waals surface area contributed by atoms with Gasteiger partial charge in [-0.15, -0.1) is 0 Å². The molecule has 1 aromatic carbocycles. The Morgan fingerprint density at radius 2 is 2.17 bits per heavy atom. The van der Waals surface area contributed by atoms with Crippen LogP contribution in [0.15, 0.2) is 41.0 Å². The van der Waals surface area contributed by atoms with Gasteiger partial charge in [0.25, 0.3) is 5.95 Å². The normalized spacial score (nSPS) is 10.1. The number of halogens is 1. The molecule has 0 atom stereocenters.